The summed E-state index contributed by atoms with van der Waals surface area (Å²) in [6.45, 7) is 3.59. The zero-order valence-electron chi connectivity index (χ0n) is 11.4. The topological polar surface area (TPSA) is 92.5 Å². The van der Waals surface area contributed by atoms with Gasteiger partial charge in [0, 0.05) is 13.1 Å². The second-order valence-electron chi connectivity index (χ2n) is 4.67. The number of nitrogens with zero attached hydrogens (tertiary/aromatic N) is 3. The van der Waals surface area contributed by atoms with Crippen molar-refractivity contribution in [3.8, 4) is 0 Å². The molecule has 0 atom stereocenters. The van der Waals surface area contributed by atoms with Crippen molar-refractivity contribution in [2.24, 2.45) is 0 Å². The highest BCUT2D eigenvalue weighted by Gasteiger charge is 2.31. The summed E-state index contributed by atoms with van der Waals surface area (Å²) in [6.07, 6.45) is 4.44. The monoisotopic (exact) mass is 299 g/mol. The third-order valence-corrected chi connectivity index (χ3v) is 5.34. The van der Waals surface area contributed by atoms with Gasteiger partial charge in [0.2, 0.25) is 10.0 Å². The maximum atomic E-state index is 12.6. The van der Waals surface area contributed by atoms with Gasteiger partial charge in [-0.15, -0.1) is 0 Å². The minimum absolute atomic E-state index is 0.119. The van der Waals surface area contributed by atoms with Crippen LogP contribution in [0.4, 0.5) is 0 Å². The lowest BCUT2D eigenvalue weighted by molar-refractivity contribution is -0.137. The second-order valence-corrected chi connectivity index (χ2v) is 6.55. The number of carboxylic acids is 1. The van der Waals surface area contributed by atoms with Gasteiger partial charge in [-0.3, -0.25) is 9.48 Å². The standard InChI is InChI=1S/C12H17N3O4S/c1-9-12(10(2)15(13-9)8-11(16)17)20(18,19)14-6-4-3-5-7-14/h3-4H,5-8H2,1-2H3,(H,16,17). The van der Waals surface area contributed by atoms with Crippen molar-refractivity contribution in [1.82, 2.24) is 14.1 Å². The van der Waals surface area contributed by atoms with Crippen LogP contribution in [0.3, 0.4) is 0 Å². The van der Waals surface area contributed by atoms with Gasteiger partial charge in [-0.25, -0.2) is 8.42 Å². The summed E-state index contributed by atoms with van der Waals surface area (Å²) in [5, 5.41) is 12.8. The summed E-state index contributed by atoms with van der Waals surface area (Å²) in [4.78, 5) is 10.9. The van der Waals surface area contributed by atoms with Gasteiger partial charge in [0.25, 0.3) is 0 Å². The van der Waals surface area contributed by atoms with Crippen LogP contribution in [0, 0.1) is 13.8 Å². The molecule has 0 aliphatic carbocycles. The number of aromatic nitrogens is 2. The Morgan fingerprint density at radius 2 is 2.10 bits per heavy atom. The van der Waals surface area contributed by atoms with E-state index >= 15 is 0 Å². The van der Waals surface area contributed by atoms with Crippen LogP contribution in [0.1, 0.15) is 17.8 Å². The van der Waals surface area contributed by atoms with E-state index in [1.165, 1.54) is 8.99 Å². The van der Waals surface area contributed by atoms with E-state index in [0.717, 1.165) is 0 Å². The van der Waals surface area contributed by atoms with Gasteiger partial charge in [-0.1, -0.05) is 12.2 Å². The van der Waals surface area contributed by atoms with Crippen LogP contribution in [0.15, 0.2) is 17.0 Å². The number of hydrogen-bond donors (Lipinski definition) is 1. The van der Waals surface area contributed by atoms with Crippen LogP contribution >= 0.6 is 0 Å². The molecule has 2 rings (SSSR count). The van der Waals surface area contributed by atoms with Gasteiger partial charge in [0.15, 0.2) is 0 Å². The quantitative estimate of drug-likeness (QED) is 0.819. The predicted octanol–water partition coefficient (Wildman–Crippen LogP) is 0.535. The predicted molar refractivity (Wildman–Crippen MR) is 71.9 cm³/mol. The van der Waals surface area contributed by atoms with Crippen molar-refractivity contribution in [3.05, 3.63) is 23.5 Å². The number of carboxylic acid groups (broad SMARTS) is 1. The van der Waals surface area contributed by atoms with E-state index < -0.39 is 16.0 Å². The Hall–Kier alpha value is -1.67. The van der Waals surface area contributed by atoms with Crippen LogP contribution in [0.5, 0.6) is 0 Å². The third kappa shape index (κ3) is 2.61. The molecule has 0 spiro atoms. The number of rotatable bonds is 4. The van der Waals surface area contributed by atoms with E-state index in [9.17, 15) is 13.2 Å². The molecule has 0 unspecified atom stereocenters. The van der Waals surface area contributed by atoms with E-state index in [4.69, 9.17) is 5.11 Å². The molecule has 1 aromatic heterocycles. The highest BCUT2D eigenvalue weighted by molar-refractivity contribution is 7.89. The molecule has 20 heavy (non-hydrogen) atoms. The Kier molecular flexibility index (Phi) is 3.96. The van der Waals surface area contributed by atoms with Crippen molar-refractivity contribution in [2.75, 3.05) is 13.1 Å². The minimum atomic E-state index is -3.63. The highest BCUT2D eigenvalue weighted by atomic mass is 32.2. The number of carbonyl (C=O) groups is 1. The molecule has 110 valence electrons. The lowest BCUT2D eigenvalue weighted by Crippen LogP contribution is -2.34. The Morgan fingerprint density at radius 1 is 1.40 bits per heavy atom. The van der Waals surface area contributed by atoms with Gasteiger partial charge in [0.1, 0.15) is 11.4 Å². The van der Waals surface area contributed by atoms with Crippen molar-refractivity contribution < 1.29 is 18.3 Å². The Balaban J connectivity index is 2.44. The Morgan fingerprint density at radius 3 is 2.65 bits per heavy atom. The Bertz CT molecular complexity index is 660. The maximum Gasteiger partial charge on any atom is 0.325 e. The summed E-state index contributed by atoms with van der Waals surface area (Å²) in [7, 11) is -3.63. The number of sulfonamides is 1. The highest BCUT2D eigenvalue weighted by Crippen LogP contribution is 2.24. The average molecular weight is 299 g/mol. The maximum absolute atomic E-state index is 12.6. The molecule has 1 aliphatic heterocycles. The average Bonchev–Trinajstić information content (AvgIpc) is 2.65. The van der Waals surface area contributed by atoms with Gasteiger partial charge in [0.05, 0.1) is 11.4 Å². The molecular weight excluding hydrogens is 282 g/mol. The summed E-state index contributed by atoms with van der Waals surface area (Å²) in [5.74, 6) is -1.06. The molecule has 0 amide bonds. The smallest absolute Gasteiger partial charge is 0.325 e. The first-order chi connectivity index (χ1) is 9.34. The summed E-state index contributed by atoms with van der Waals surface area (Å²) in [5.41, 5.74) is 0.692. The first kappa shape index (κ1) is 14.7. The van der Waals surface area contributed by atoms with E-state index in [-0.39, 0.29) is 11.4 Å². The van der Waals surface area contributed by atoms with E-state index in [1.54, 1.807) is 13.8 Å². The van der Waals surface area contributed by atoms with Crippen molar-refractivity contribution >= 4 is 16.0 Å². The summed E-state index contributed by atoms with van der Waals surface area (Å²) < 4.78 is 27.8. The van der Waals surface area contributed by atoms with Crippen LogP contribution in [-0.2, 0) is 21.4 Å². The molecule has 0 saturated carbocycles. The van der Waals surface area contributed by atoms with E-state index in [1.807, 2.05) is 12.2 Å². The fourth-order valence-corrected chi connectivity index (χ4v) is 4.08. The van der Waals surface area contributed by atoms with E-state index in [0.29, 0.717) is 30.9 Å². The fraction of sp³-hybridized carbons (Fsp3) is 0.500. The minimum Gasteiger partial charge on any atom is -0.480 e. The van der Waals surface area contributed by atoms with Crippen LogP contribution < -0.4 is 0 Å². The normalized spacial score (nSPS) is 16.5. The zero-order valence-corrected chi connectivity index (χ0v) is 12.2. The van der Waals surface area contributed by atoms with Crippen LogP contribution in [-0.4, -0.2) is 46.7 Å². The fourth-order valence-electron chi connectivity index (χ4n) is 2.30. The molecule has 2 heterocycles. The molecule has 1 aromatic rings. The molecule has 0 fully saturated rings. The zero-order chi connectivity index (χ0) is 14.9. The summed E-state index contributed by atoms with van der Waals surface area (Å²) >= 11 is 0. The number of hydrogen-bond acceptors (Lipinski definition) is 4. The molecular formula is C12H17N3O4S. The third-order valence-electron chi connectivity index (χ3n) is 3.22. The molecule has 0 aromatic carbocycles. The first-order valence-corrected chi connectivity index (χ1v) is 7.69. The molecule has 1 N–H and O–H groups in total. The van der Waals surface area contributed by atoms with Crippen molar-refractivity contribution in [2.45, 2.75) is 31.7 Å². The molecule has 7 nitrogen and oxygen atoms in total. The van der Waals surface area contributed by atoms with Crippen LogP contribution in [0.25, 0.3) is 0 Å². The second kappa shape index (κ2) is 5.37. The first-order valence-electron chi connectivity index (χ1n) is 6.25. The molecule has 1 aliphatic rings. The SMILES string of the molecule is Cc1nn(CC(=O)O)c(C)c1S(=O)(=O)N1CC=CCC1. The van der Waals surface area contributed by atoms with Crippen molar-refractivity contribution in [3.63, 3.8) is 0 Å². The van der Waals surface area contributed by atoms with Gasteiger partial charge < -0.3 is 5.11 Å². The van der Waals surface area contributed by atoms with Gasteiger partial charge in [-0.2, -0.15) is 9.40 Å². The molecule has 8 heteroatoms. The van der Waals surface area contributed by atoms with Gasteiger partial charge in [-0.05, 0) is 20.3 Å². The van der Waals surface area contributed by atoms with Gasteiger partial charge >= 0.3 is 5.97 Å². The molecule has 0 radical (unpaired) electrons. The lowest BCUT2D eigenvalue weighted by atomic mass is 10.3. The largest absolute Gasteiger partial charge is 0.480 e. The van der Waals surface area contributed by atoms with Crippen molar-refractivity contribution in [1.29, 1.82) is 0 Å². The number of aliphatic carboxylic acids is 1. The molecule has 0 saturated heterocycles. The van der Waals surface area contributed by atoms with Crippen LogP contribution in [0.2, 0.25) is 0 Å². The molecule has 0 bridgehead atoms. The number of aryl methyl sites for hydroxylation is 1. The lowest BCUT2D eigenvalue weighted by Gasteiger charge is -2.22. The van der Waals surface area contributed by atoms with E-state index in [2.05, 4.69) is 5.10 Å². The Labute approximate surface area is 117 Å². The summed E-state index contributed by atoms with van der Waals surface area (Å²) in [6, 6.07) is 0.